The van der Waals surface area contributed by atoms with E-state index in [2.05, 4.69) is 5.32 Å². The fraction of sp³-hybridized carbons (Fsp3) is 0.364. The van der Waals surface area contributed by atoms with Crippen molar-refractivity contribution in [3.63, 3.8) is 0 Å². The van der Waals surface area contributed by atoms with Crippen LogP contribution >= 0.6 is 11.6 Å². The Morgan fingerprint density at radius 2 is 1.86 bits per heavy atom. The van der Waals surface area contributed by atoms with Gasteiger partial charge in [0.05, 0.1) is 11.4 Å². The molecule has 0 saturated carbocycles. The largest absolute Gasteiger partial charge is 0.484 e. The van der Waals surface area contributed by atoms with E-state index in [0.29, 0.717) is 22.0 Å². The molecule has 1 N–H and O–H groups in total. The molecule has 2 aromatic carbocycles. The number of likely N-dealkylation sites (tertiary alicyclic amines) is 1. The second-order valence-corrected chi connectivity index (χ2v) is 7.70. The number of hydrogen-bond acceptors (Lipinski definition) is 4. The van der Waals surface area contributed by atoms with Crippen LogP contribution in [0.25, 0.3) is 0 Å². The van der Waals surface area contributed by atoms with Crippen LogP contribution in [0.3, 0.4) is 0 Å². The molecule has 0 radical (unpaired) electrons. The zero-order chi connectivity index (χ0) is 20.8. The van der Waals surface area contributed by atoms with Crippen LogP contribution in [0.1, 0.15) is 29.6 Å². The van der Waals surface area contributed by atoms with Crippen molar-refractivity contribution in [2.45, 2.75) is 19.3 Å². The van der Waals surface area contributed by atoms with Gasteiger partial charge < -0.3 is 19.9 Å². The first-order valence-electron chi connectivity index (χ1n) is 9.73. The molecule has 3 rings (SSSR count). The third kappa shape index (κ3) is 5.64. The summed E-state index contributed by atoms with van der Waals surface area (Å²) in [6, 6.07) is 12.2. The van der Waals surface area contributed by atoms with E-state index in [9.17, 15) is 9.59 Å². The van der Waals surface area contributed by atoms with E-state index in [1.807, 2.05) is 30.0 Å². The second kappa shape index (κ2) is 9.65. The standard InChI is InChI=1S/C22H26ClN3O3/c1-25(2)20-10-9-17(23)14-19(20)24-22(28)16-7-6-8-18(13-16)29-15-21(27)26-11-4-3-5-12-26/h6-10,13-14H,3-5,11-12,15H2,1-2H3,(H,24,28). The molecular formula is C22H26ClN3O3. The molecule has 29 heavy (non-hydrogen) atoms. The number of carbonyl (C=O) groups excluding carboxylic acids is 2. The minimum Gasteiger partial charge on any atom is -0.484 e. The third-order valence-corrected chi connectivity index (χ3v) is 5.09. The number of halogens is 1. The number of hydrogen-bond donors (Lipinski definition) is 1. The van der Waals surface area contributed by atoms with Crippen molar-refractivity contribution < 1.29 is 14.3 Å². The summed E-state index contributed by atoms with van der Waals surface area (Å²) in [5, 5.41) is 3.44. The van der Waals surface area contributed by atoms with Gasteiger partial charge in [0, 0.05) is 37.8 Å². The van der Waals surface area contributed by atoms with Crippen molar-refractivity contribution in [2.75, 3.05) is 44.0 Å². The van der Waals surface area contributed by atoms with E-state index in [1.54, 1.807) is 36.4 Å². The molecule has 0 spiro atoms. The summed E-state index contributed by atoms with van der Waals surface area (Å²) in [7, 11) is 3.79. The molecule has 0 bridgehead atoms. The van der Waals surface area contributed by atoms with Gasteiger partial charge in [-0.25, -0.2) is 0 Å². The minimum atomic E-state index is -0.275. The van der Waals surface area contributed by atoms with Gasteiger partial charge in [-0.2, -0.15) is 0 Å². The molecule has 1 saturated heterocycles. The van der Waals surface area contributed by atoms with Crippen LogP contribution in [0.2, 0.25) is 5.02 Å². The number of nitrogens with one attached hydrogen (secondary N) is 1. The van der Waals surface area contributed by atoms with E-state index < -0.39 is 0 Å². The highest BCUT2D eigenvalue weighted by Crippen LogP contribution is 2.28. The van der Waals surface area contributed by atoms with Gasteiger partial charge in [0.2, 0.25) is 0 Å². The van der Waals surface area contributed by atoms with Gasteiger partial charge >= 0.3 is 0 Å². The zero-order valence-corrected chi connectivity index (χ0v) is 17.5. The predicted octanol–water partition coefficient (Wildman–Crippen LogP) is 4.05. The number of amides is 2. The Balaban J connectivity index is 1.65. The maximum atomic E-state index is 12.7. The van der Waals surface area contributed by atoms with E-state index in [4.69, 9.17) is 16.3 Å². The molecule has 0 aliphatic carbocycles. The Hall–Kier alpha value is -2.73. The average molecular weight is 416 g/mol. The minimum absolute atomic E-state index is 0.0193. The fourth-order valence-corrected chi connectivity index (χ4v) is 3.47. The van der Waals surface area contributed by atoms with Crippen LogP contribution < -0.4 is 15.0 Å². The Labute approximate surface area is 176 Å². The summed E-state index contributed by atoms with van der Waals surface area (Å²) in [6.07, 6.45) is 3.25. The first-order chi connectivity index (χ1) is 13.9. The molecule has 0 aromatic heterocycles. The van der Waals surface area contributed by atoms with E-state index in [-0.39, 0.29) is 18.4 Å². The molecule has 0 atom stereocenters. The van der Waals surface area contributed by atoms with Gasteiger partial charge in [0.25, 0.3) is 11.8 Å². The van der Waals surface area contributed by atoms with E-state index in [0.717, 1.165) is 31.6 Å². The summed E-state index contributed by atoms with van der Waals surface area (Å²) < 4.78 is 5.64. The number of piperidine rings is 1. The van der Waals surface area contributed by atoms with Crippen molar-refractivity contribution in [3.05, 3.63) is 53.1 Å². The van der Waals surface area contributed by atoms with Crippen LogP contribution in [-0.4, -0.2) is 50.5 Å². The number of benzene rings is 2. The number of carbonyl (C=O) groups is 2. The highest BCUT2D eigenvalue weighted by molar-refractivity contribution is 6.31. The van der Waals surface area contributed by atoms with Crippen molar-refractivity contribution in [1.29, 1.82) is 0 Å². The molecule has 2 aromatic rings. The molecule has 6 nitrogen and oxygen atoms in total. The average Bonchev–Trinajstić information content (AvgIpc) is 2.72. The Morgan fingerprint density at radius 1 is 1.10 bits per heavy atom. The normalized spacial score (nSPS) is 13.7. The summed E-state index contributed by atoms with van der Waals surface area (Å²) in [4.78, 5) is 28.7. The highest BCUT2D eigenvalue weighted by Gasteiger charge is 2.17. The predicted molar refractivity (Wildman–Crippen MR) is 116 cm³/mol. The smallest absolute Gasteiger partial charge is 0.260 e. The number of rotatable bonds is 6. The molecule has 2 amide bonds. The summed E-state index contributed by atoms with van der Waals surface area (Å²) in [5.41, 5.74) is 1.92. The van der Waals surface area contributed by atoms with Crippen LogP contribution in [0.5, 0.6) is 5.75 Å². The molecule has 154 valence electrons. The van der Waals surface area contributed by atoms with Crippen LogP contribution in [0.4, 0.5) is 11.4 Å². The summed E-state index contributed by atoms with van der Waals surface area (Å²) in [6.45, 7) is 1.56. The molecule has 1 aliphatic rings. The van der Waals surface area contributed by atoms with Crippen molar-refractivity contribution >= 4 is 34.8 Å². The summed E-state index contributed by atoms with van der Waals surface area (Å²) in [5.74, 6) is 0.194. The third-order valence-electron chi connectivity index (χ3n) is 4.86. The van der Waals surface area contributed by atoms with Gasteiger partial charge in [-0.05, 0) is 55.7 Å². The number of ether oxygens (including phenoxy) is 1. The Kier molecular flexibility index (Phi) is 6.99. The topological polar surface area (TPSA) is 61.9 Å². The number of nitrogens with zero attached hydrogens (tertiary/aromatic N) is 2. The molecule has 7 heteroatoms. The van der Waals surface area contributed by atoms with Crippen LogP contribution in [0, 0.1) is 0 Å². The van der Waals surface area contributed by atoms with E-state index in [1.165, 1.54) is 6.42 Å². The van der Waals surface area contributed by atoms with Crippen molar-refractivity contribution in [2.24, 2.45) is 0 Å². The fourth-order valence-electron chi connectivity index (χ4n) is 3.30. The lowest BCUT2D eigenvalue weighted by atomic mass is 10.1. The monoisotopic (exact) mass is 415 g/mol. The molecule has 1 aliphatic heterocycles. The lowest BCUT2D eigenvalue weighted by Crippen LogP contribution is -2.38. The summed E-state index contributed by atoms with van der Waals surface area (Å²) >= 11 is 6.09. The van der Waals surface area contributed by atoms with Crippen LogP contribution in [-0.2, 0) is 4.79 Å². The first kappa shape index (κ1) is 21.0. The maximum absolute atomic E-state index is 12.7. The van der Waals surface area contributed by atoms with Gasteiger partial charge in [-0.3, -0.25) is 9.59 Å². The van der Waals surface area contributed by atoms with E-state index >= 15 is 0 Å². The molecule has 1 heterocycles. The van der Waals surface area contributed by atoms with Gasteiger partial charge in [-0.1, -0.05) is 17.7 Å². The number of anilines is 2. The quantitative estimate of drug-likeness (QED) is 0.773. The van der Waals surface area contributed by atoms with Crippen LogP contribution in [0.15, 0.2) is 42.5 Å². The first-order valence-corrected chi connectivity index (χ1v) is 10.1. The lowest BCUT2D eigenvalue weighted by Gasteiger charge is -2.26. The molecule has 1 fully saturated rings. The zero-order valence-electron chi connectivity index (χ0n) is 16.8. The maximum Gasteiger partial charge on any atom is 0.260 e. The van der Waals surface area contributed by atoms with Crippen molar-refractivity contribution in [3.8, 4) is 5.75 Å². The van der Waals surface area contributed by atoms with Gasteiger partial charge in [-0.15, -0.1) is 0 Å². The lowest BCUT2D eigenvalue weighted by molar-refractivity contribution is -0.134. The Bertz CT molecular complexity index is 879. The SMILES string of the molecule is CN(C)c1ccc(Cl)cc1NC(=O)c1cccc(OCC(=O)N2CCCCC2)c1. The molecular weight excluding hydrogens is 390 g/mol. The Morgan fingerprint density at radius 3 is 2.59 bits per heavy atom. The second-order valence-electron chi connectivity index (χ2n) is 7.27. The van der Waals surface area contributed by atoms with Gasteiger partial charge in [0.15, 0.2) is 6.61 Å². The highest BCUT2D eigenvalue weighted by atomic mass is 35.5. The van der Waals surface area contributed by atoms with Crippen molar-refractivity contribution in [1.82, 2.24) is 4.90 Å². The van der Waals surface area contributed by atoms with Gasteiger partial charge in [0.1, 0.15) is 5.75 Å². The molecule has 0 unspecified atom stereocenters.